The molecule has 178 valence electrons. The number of esters is 1. The number of amides is 2. The number of rotatable bonds is 16. The Morgan fingerprint density at radius 1 is 0.938 bits per heavy atom. The molecule has 0 radical (unpaired) electrons. The number of hydrogen-bond acceptors (Lipinski definition) is 6. The number of guanidine groups is 1. The van der Waals surface area contributed by atoms with Gasteiger partial charge in [-0.1, -0.05) is 43.2 Å². The normalized spacial score (nSPS) is 11.3. The van der Waals surface area contributed by atoms with Crippen LogP contribution in [0.5, 0.6) is 0 Å². The summed E-state index contributed by atoms with van der Waals surface area (Å²) in [6.07, 6.45) is 2.63. The van der Waals surface area contributed by atoms with Gasteiger partial charge in [-0.2, -0.15) is 0 Å². The highest BCUT2D eigenvalue weighted by Crippen LogP contribution is 2.03. The number of nitrogens with two attached hydrogens (primary N) is 1. The Kier molecular flexibility index (Phi) is 13.9. The van der Waals surface area contributed by atoms with E-state index in [2.05, 4.69) is 16.0 Å². The van der Waals surface area contributed by atoms with Crippen LogP contribution in [0.2, 0.25) is 0 Å². The number of aliphatic hydroxyl groups is 1. The van der Waals surface area contributed by atoms with Crippen LogP contribution < -0.4 is 21.7 Å². The Labute approximate surface area is 188 Å². The third kappa shape index (κ3) is 14.8. The minimum Gasteiger partial charge on any atom is -0.461 e. The quantitative estimate of drug-likeness (QED) is 0.0926. The molecule has 0 bridgehead atoms. The maximum absolute atomic E-state index is 11.8. The number of unbranched alkanes of at least 4 members (excludes halogenated alkanes) is 3. The van der Waals surface area contributed by atoms with E-state index in [-0.39, 0.29) is 44.4 Å². The summed E-state index contributed by atoms with van der Waals surface area (Å²) in [4.78, 5) is 35.3. The summed E-state index contributed by atoms with van der Waals surface area (Å²) in [5.74, 6) is -1.04. The highest BCUT2D eigenvalue weighted by molar-refractivity contribution is 5.78. The molecule has 0 heterocycles. The van der Waals surface area contributed by atoms with Crippen molar-refractivity contribution in [1.82, 2.24) is 16.0 Å². The van der Waals surface area contributed by atoms with Gasteiger partial charge < -0.3 is 31.5 Å². The number of carbonyl (C=O) groups excluding carboxylic acids is 3. The molecular weight excluding hydrogens is 414 g/mol. The van der Waals surface area contributed by atoms with Crippen LogP contribution in [0.4, 0.5) is 0 Å². The van der Waals surface area contributed by atoms with Gasteiger partial charge in [0.2, 0.25) is 11.8 Å². The number of aliphatic hydroxyl groups excluding tert-OH is 1. The SMILES string of the molecule is N=C(N)NCCCCCCC(=O)NCC(O)CC(=O)NCCC(=O)OCc1ccccc1. The van der Waals surface area contributed by atoms with Crippen molar-refractivity contribution in [3.8, 4) is 0 Å². The molecule has 0 fully saturated rings. The third-order valence-corrected chi connectivity index (χ3v) is 4.50. The Morgan fingerprint density at radius 3 is 2.38 bits per heavy atom. The lowest BCUT2D eigenvalue weighted by Crippen LogP contribution is -2.36. The van der Waals surface area contributed by atoms with E-state index in [1.165, 1.54) is 0 Å². The minimum atomic E-state index is -0.998. The summed E-state index contributed by atoms with van der Waals surface area (Å²) in [7, 11) is 0. The Hall–Kier alpha value is -3.14. The van der Waals surface area contributed by atoms with E-state index < -0.39 is 18.0 Å². The lowest BCUT2D eigenvalue weighted by Gasteiger charge is -2.12. The van der Waals surface area contributed by atoms with Crippen molar-refractivity contribution in [3.05, 3.63) is 35.9 Å². The van der Waals surface area contributed by atoms with Crippen LogP contribution in [0.1, 0.15) is 50.5 Å². The van der Waals surface area contributed by atoms with Gasteiger partial charge in [-0.3, -0.25) is 19.8 Å². The number of nitrogens with one attached hydrogen (secondary N) is 4. The molecule has 1 aromatic rings. The average molecular weight is 450 g/mol. The fourth-order valence-corrected chi connectivity index (χ4v) is 2.78. The van der Waals surface area contributed by atoms with Crippen LogP contribution in [0.15, 0.2) is 30.3 Å². The van der Waals surface area contributed by atoms with Crippen LogP contribution in [0.3, 0.4) is 0 Å². The Bertz CT molecular complexity index is 714. The van der Waals surface area contributed by atoms with Gasteiger partial charge >= 0.3 is 5.97 Å². The van der Waals surface area contributed by atoms with Crippen molar-refractivity contribution < 1.29 is 24.2 Å². The lowest BCUT2D eigenvalue weighted by molar-refractivity contribution is -0.144. The Morgan fingerprint density at radius 2 is 1.66 bits per heavy atom. The van der Waals surface area contributed by atoms with Crippen molar-refractivity contribution in [1.29, 1.82) is 5.41 Å². The summed E-state index contributed by atoms with van der Waals surface area (Å²) >= 11 is 0. The first-order valence-corrected chi connectivity index (χ1v) is 10.9. The first kappa shape index (κ1) is 26.9. The molecule has 7 N–H and O–H groups in total. The van der Waals surface area contributed by atoms with E-state index in [0.717, 1.165) is 31.2 Å². The average Bonchev–Trinajstić information content (AvgIpc) is 2.76. The minimum absolute atomic E-state index is 0.00605. The van der Waals surface area contributed by atoms with E-state index >= 15 is 0 Å². The van der Waals surface area contributed by atoms with Crippen LogP contribution in [0.25, 0.3) is 0 Å². The third-order valence-electron chi connectivity index (χ3n) is 4.50. The lowest BCUT2D eigenvalue weighted by atomic mass is 10.1. The molecule has 1 unspecified atom stereocenters. The van der Waals surface area contributed by atoms with Gasteiger partial charge in [-0.05, 0) is 18.4 Å². The van der Waals surface area contributed by atoms with Crippen LogP contribution in [-0.2, 0) is 25.7 Å². The molecule has 0 aliphatic heterocycles. The van der Waals surface area contributed by atoms with Gasteiger partial charge in [0.1, 0.15) is 6.61 Å². The summed E-state index contributed by atoms with van der Waals surface area (Å²) < 4.78 is 5.12. The second-order valence-corrected chi connectivity index (χ2v) is 7.41. The molecule has 10 nitrogen and oxygen atoms in total. The molecular formula is C22H35N5O5. The maximum Gasteiger partial charge on any atom is 0.307 e. The summed E-state index contributed by atoms with van der Waals surface area (Å²) in [5.41, 5.74) is 6.07. The first-order valence-electron chi connectivity index (χ1n) is 10.9. The van der Waals surface area contributed by atoms with E-state index in [4.69, 9.17) is 15.9 Å². The highest BCUT2D eigenvalue weighted by atomic mass is 16.5. The monoisotopic (exact) mass is 449 g/mol. The van der Waals surface area contributed by atoms with Crippen LogP contribution in [-0.4, -0.2) is 54.6 Å². The largest absolute Gasteiger partial charge is 0.461 e. The maximum atomic E-state index is 11.8. The van der Waals surface area contributed by atoms with E-state index in [1.54, 1.807) is 0 Å². The predicted octanol–water partition coefficient (Wildman–Crippen LogP) is 0.537. The van der Waals surface area contributed by atoms with Gasteiger partial charge in [-0.15, -0.1) is 0 Å². The number of carbonyl (C=O) groups is 3. The zero-order valence-corrected chi connectivity index (χ0v) is 18.4. The van der Waals surface area contributed by atoms with Gasteiger partial charge in [0.05, 0.1) is 18.9 Å². The smallest absolute Gasteiger partial charge is 0.307 e. The standard InChI is InChI=1S/C22H35N5O5/c23-22(24)26-12-7-2-1-6-10-19(29)27-15-18(28)14-20(30)25-13-11-21(31)32-16-17-8-4-3-5-9-17/h3-5,8-9,18,28H,1-2,6-7,10-16H2,(H,25,30)(H,27,29)(H4,23,24,26). The van der Waals surface area contributed by atoms with Crippen molar-refractivity contribution in [2.24, 2.45) is 5.73 Å². The molecule has 1 rings (SSSR count). The molecule has 32 heavy (non-hydrogen) atoms. The number of ether oxygens (including phenoxy) is 1. The van der Waals surface area contributed by atoms with Crippen LogP contribution >= 0.6 is 0 Å². The van der Waals surface area contributed by atoms with Crippen molar-refractivity contribution >= 4 is 23.7 Å². The molecule has 0 saturated carbocycles. The Balaban J connectivity index is 2.01. The topological polar surface area (TPSA) is 167 Å². The number of benzene rings is 1. The van der Waals surface area contributed by atoms with Crippen molar-refractivity contribution in [2.75, 3.05) is 19.6 Å². The molecule has 0 spiro atoms. The van der Waals surface area contributed by atoms with Gasteiger partial charge in [0, 0.05) is 26.1 Å². The molecule has 0 aromatic heterocycles. The zero-order valence-electron chi connectivity index (χ0n) is 18.4. The zero-order chi connectivity index (χ0) is 23.6. The predicted molar refractivity (Wildman–Crippen MR) is 121 cm³/mol. The molecule has 1 aromatic carbocycles. The highest BCUT2D eigenvalue weighted by Gasteiger charge is 2.13. The molecule has 0 saturated heterocycles. The second-order valence-electron chi connectivity index (χ2n) is 7.41. The van der Waals surface area contributed by atoms with Gasteiger partial charge in [0.15, 0.2) is 5.96 Å². The second kappa shape index (κ2) is 16.5. The van der Waals surface area contributed by atoms with E-state index in [1.807, 2.05) is 30.3 Å². The fraction of sp³-hybridized carbons (Fsp3) is 0.545. The fourth-order valence-electron chi connectivity index (χ4n) is 2.78. The first-order chi connectivity index (χ1) is 15.4. The van der Waals surface area contributed by atoms with Crippen molar-refractivity contribution in [2.45, 2.75) is 57.7 Å². The van der Waals surface area contributed by atoms with Gasteiger partial charge in [0.25, 0.3) is 0 Å². The number of hydrogen-bond donors (Lipinski definition) is 6. The summed E-state index contributed by atoms with van der Waals surface area (Å²) in [6.45, 7) is 0.940. The molecule has 0 aliphatic rings. The molecule has 10 heteroatoms. The van der Waals surface area contributed by atoms with E-state index in [0.29, 0.717) is 13.0 Å². The molecule has 2 amide bonds. The van der Waals surface area contributed by atoms with Gasteiger partial charge in [-0.25, -0.2) is 0 Å². The molecule has 1 atom stereocenters. The van der Waals surface area contributed by atoms with Crippen LogP contribution in [0, 0.1) is 5.41 Å². The van der Waals surface area contributed by atoms with Crippen molar-refractivity contribution in [3.63, 3.8) is 0 Å². The summed E-state index contributed by atoms with van der Waals surface area (Å²) in [6, 6.07) is 9.30. The molecule has 0 aliphatic carbocycles. The summed E-state index contributed by atoms with van der Waals surface area (Å²) in [5, 5.41) is 24.8. The van der Waals surface area contributed by atoms with E-state index in [9.17, 15) is 19.5 Å².